The Labute approximate surface area is 159 Å². The molecular formula is C19H13ClFN5O. The van der Waals surface area contributed by atoms with Gasteiger partial charge in [-0.3, -0.25) is 4.79 Å². The van der Waals surface area contributed by atoms with Crippen LogP contribution in [0.1, 0.15) is 17.0 Å². The number of benzene rings is 2. The summed E-state index contributed by atoms with van der Waals surface area (Å²) >= 11 is 6.16. The third-order valence-corrected chi connectivity index (χ3v) is 4.77. The number of nitriles is 1. The van der Waals surface area contributed by atoms with Crippen molar-refractivity contribution in [3.05, 3.63) is 70.5 Å². The van der Waals surface area contributed by atoms with Crippen molar-refractivity contribution in [1.29, 1.82) is 5.26 Å². The second-order valence-corrected chi connectivity index (χ2v) is 6.64. The van der Waals surface area contributed by atoms with Crippen molar-refractivity contribution in [3.8, 4) is 17.2 Å². The first-order chi connectivity index (χ1) is 13.0. The summed E-state index contributed by atoms with van der Waals surface area (Å²) in [5, 5.41) is 13.0. The fourth-order valence-corrected chi connectivity index (χ4v) is 3.40. The summed E-state index contributed by atoms with van der Waals surface area (Å²) < 4.78 is 14.6. The summed E-state index contributed by atoms with van der Waals surface area (Å²) in [4.78, 5) is 18.0. The van der Waals surface area contributed by atoms with Gasteiger partial charge in [-0.1, -0.05) is 23.7 Å². The minimum Gasteiger partial charge on any atom is -0.332 e. The first-order valence-electron chi connectivity index (χ1n) is 8.18. The molecule has 0 saturated carbocycles. The topological polar surface area (TPSA) is 74.8 Å². The van der Waals surface area contributed by atoms with Gasteiger partial charge in [0.1, 0.15) is 24.8 Å². The van der Waals surface area contributed by atoms with E-state index < -0.39 is 0 Å². The normalized spacial score (nSPS) is 12.7. The maximum atomic E-state index is 13.3. The predicted molar refractivity (Wildman–Crippen MR) is 95.8 cm³/mol. The van der Waals surface area contributed by atoms with Crippen LogP contribution in [0.5, 0.6) is 0 Å². The summed E-state index contributed by atoms with van der Waals surface area (Å²) in [5.41, 5.74) is 3.71. The number of carbonyl (C=O) groups excluding carboxylic acids is 1. The van der Waals surface area contributed by atoms with Crippen LogP contribution in [-0.4, -0.2) is 25.6 Å². The van der Waals surface area contributed by atoms with Gasteiger partial charge in [0, 0.05) is 18.7 Å². The van der Waals surface area contributed by atoms with Crippen LogP contribution in [0.25, 0.3) is 11.1 Å². The highest BCUT2D eigenvalue weighted by molar-refractivity contribution is 6.33. The Morgan fingerprint density at radius 3 is 2.78 bits per heavy atom. The van der Waals surface area contributed by atoms with E-state index in [9.17, 15) is 9.18 Å². The molecule has 6 nitrogen and oxygen atoms in total. The Morgan fingerprint density at radius 2 is 2.04 bits per heavy atom. The third-order valence-electron chi connectivity index (χ3n) is 4.46. The smallest absolute Gasteiger partial charge is 0.252 e. The van der Waals surface area contributed by atoms with Gasteiger partial charge in [0.05, 0.1) is 5.02 Å². The Hall–Kier alpha value is -3.24. The zero-order valence-electron chi connectivity index (χ0n) is 14.1. The van der Waals surface area contributed by atoms with Gasteiger partial charge in [-0.15, -0.1) is 5.10 Å². The van der Waals surface area contributed by atoms with E-state index >= 15 is 0 Å². The molecule has 3 aromatic rings. The lowest BCUT2D eigenvalue weighted by molar-refractivity contribution is -0.132. The molecule has 27 heavy (non-hydrogen) atoms. The molecule has 0 aliphatic carbocycles. The van der Waals surface area contributed by atoms with Crippen molar-refractivity contribution in [2.45, 2.75) is 19.6 Å². The monoisotopic (exact) mass is 381 g/mol. The number of hydrogen-bond acceptors (Lipinski definition) is 4. The van der Waals surface area contributed by atoms with Crippen molar-refractivity contribution in [3.63, 3.8) is 0 Å². The average Bonchev–Trinajstić information content (AvgIpc) is 3.27. The van der Waals surface area contributed by atoms with Gasteiger partial charge < -0.3 is 4.90 Å². The lowest BCUT2D eigenvalue weighted by Crippen LogP contribution is -2.29. The highest BCUT2D eigenvalue weighted by atomic mass is 35.5. The fourth-order valence-electron chi connectivity index (χ4n) is 3.12. The summed E-state index contributed by atoms with van der Waals surface area (Å²) in [6.07, 6.45) is 1.37. The number of hydrogen-bond donors (Lipinski definition) is 0. The van der Waals surface area contributed by atoms with Gasteiger partial charge in [0.25, 0.3) is 5.82 Å². The van der Waals surface area contributed by atoms with Crippen molar-refractivity contribution in [2.75, 3.05) is 0 Å². The van der Waals surface area contributed by atoms with E-state index in [0.717, 1.165) is 22.3 Å². The Morgan fingerprint density at radius 1 is 1.22 bits per heavy atom. The maximum absolute atomic E-state index is 13.3. The Balaban J connectivity index is 1.51. The molecule has 2 heterocycles. The van der Waals surface area contributed by atoms with Gasteiger partial charge in [0.15, 0.2) is 0 Å². The standard InChI is InChI=1S/C19H13ClFN5O/c20-17-6-15(21)3-4-16(17)12-1-2-13-8-25(9-14(13)5-12)19(27)10-26-11-23-18(7-22)24-26/h1-6,11H,8-10H2. The van der Waals surface area contributed by atoms with Crippen LogP contribution >= 0.6 is 11.6 Å². The molecule has 1 aromatic heterocycles. The number of aromatic nitrogens is 3. The van der Waals surface area contributed by atoms with Gasteiger partial charge in [-0.25, -0.2) is 14.1 Å². The lowest BCUT2D eigenvalue weighted by Gasteiger charge is -2.14. The van der Waals surface area contributed by atoms with Gasteiger partial charge in [-0.2, -0.15) is 5.26 Å². The van der Waals surface area contributed by atoms with Crippen LogP contribution in [0.2, 0.25) is 5.02 Å². The lowest BCUT2D eigenvalue weighted by atomic mass is 10.0. The molecule has 4 rings (SSSR count). The predicted octanol–water partition coefficient (Wildman–Crippen LogP) is 3.15. The van der Waals surface area contributed by atoms with E-state index in [1.807, 2.05) is 24.3 Å². The first-order valence-corrected chi connectivity index (χ1v) is 8.56. The van der Waals surface area contributed by atoms with E-state index in [1.54, 1.807) is 11.0 Å². The SMILES string of the molecule is N#Cc1ncn(CC(=O)N2Cc3ccc(-c4ccc(F)cc4Cl)cc3C2)n1. The summed E-state index contributed by atoms with van der Waals surface area (Å²) in [5.74, 6) is -0.454. The molecule has 134 valence electrons. The largest absolute Gasteiger partial charge is 0.332 e. The third kappa shape index (κ3) is 3.39. The number of fused-ring (bicyclic) bond motifs is 1. The molecule has 2 aromatic carbocycles. The van der Waals surface area contributed by atoms with Crippen LogP contribution in [-0.2, 0) is 24.4 Å². The number of nitrogens with zero attached hydrogens (tertiary/aromatic N) is 5. The number of rotatable bonds is 3. The number of amides is 1. The average molecular weight is 382 g/mol. The molecule has 0 saturated heterocycles. The zero-order valence-corrected chi connectivity index (χ0v) is 14.8. The van der Waals surface area contributed by atoms with Crippen LogP contribution in [0.4, 0.5) is 4.39 Å². The van der Waals surface area contributed by atoms with Crippen molar-refractivity contribution < 1.29 is 9.18 Å². The second-order valence-electron chi connectivity index (χ2n) is 6.24. The molecule has 8 heteroatoms. The van der Waals surface area contributed by atoms with Crippen LogP contribution in [0.3, 0.4) is 0 Å². The first kappa shape index (κ1) is 17.2. The minimum atomic E-state index is -0.380. The van der Waals surface area contributed by atoms with Gasteiger partial charge >= 0.3 is 0 Å². The Kier molecular flexibility index (Phi) is 4.34. The second kappa shape index (κ2) is 6.82. The zero-order chi connectivity index (χ0) is 19.0. The highest BCUT2D eigenvalue weighted by Crippen LogP contribution is 2.32. The highest BCUT2D eigenvalue weighted by Gasteiger charge is 2.24. The summed E-state index contributed by atoms with van der Waals surface area (Å²) in [6.45, 7) is 1.01. The van der Waals surface area contributed by atoms with Crippen molar-refractivity contribution >= 4 is 17.5 Å². The van der Waals surface area contributed by atoms with Crippen LogP contribution < -0.4 is 0 Å². The van der Waals surface area contributed by atoms with Crippen molar-refractivity contribution in [1.82, 2.24) is 19.7 Å². The molecule has 0 bridgehead atoms. The molecule has 1 aliphatic rings. The quantitative estimate of drug-likeness (QED) is 0.698. The molecule has 0 fully saturated rings. The van der Waals surface area contributed by atoms with E-state index in [1.165, 1.54) is 23.1 Å². The molecule has 0 spiro atoms. The van der Waals surface area contributed by atoms with Crippen LogP contribution in [0, 0.1) is 17.1 Å². The number of halogens is 2. The van der Waals surface area contributed by atoms with E-state index in [2.05, 4.69) is 10.1 Å². The maximum Gasteiger partial charge on any atom is 0.252 e. The molecule has 0 N–H and O–H groups in total. The summed E-state index contributed by atoms with van der Waals surface area (Å²) in [6, 6.07) is 12.0. The molecular weight excluding hydrogens is 369 g/mol. The number of carbonyl (C=O) groups is 1. The molecule has 1 amide bonds. The van der Waals surface area contributed by atoms with E-state index in [0.29, 0.717) is 18.1 Å². The van der Waals surface area contributed by atoms with E-state index in [4.69, 9.17) is 16.9 Å². The van der Waals surface area contributed by atoms with Crippen molar-refractivity contribution in [2.24, 2.45) is 0 Å². The van der Waals surface area contributed by atoms with Gasteiger partial charge in [0.2, 0.25) is 5.91 Å². The fraction of sp³-hybridized carbons (Fsp3) is 0.158. The van der Waals surface area contributed by atoms with Gasteiger partial charge in [-0.05, 0) is 41.0 Å². The van der Waals surface area contributed by atoms with Crippen LogP contribution in [0.15, 0.2) is 42.7 Å². The molecule has 0 atom stereocenters. The molecule has 0 unspecified atom stereocenters. The van der Waals surface area contributed by atoms with E-state index in [-0.39, 0.29) is 24.1 Å². The minimum absolute atomic E-state index is 0.0271. The summed E-state index contributed by atoms with van der Waals surface area (Å²) in [7, 11) is 0. The molecule has 0 radical (unpaired) electrons. The Bertz CT molecular complexity index is 1090. The molecule has 1 aliphatic heterocycles.